The molecule has 5 nitrogen and oxygen atoms in total. The minimum atomic E-state index is -0.519. The molecule has 0 spiro atoms. The second kappa shape index (κ2) is 4.59. The lowest BCUT2D eigenvalue weighted by atomic mass is 10.1. The van der Waals surface area contributed by atoms with Gasteiger partial charge in [0.1, 0.15) is 0 Å². The fourth-order valence-corrected chi connectivity index (χ4v) is 2.16. The summed E-state index contributed by atoms with van der Waals surface area (Å²) in [6.07, 6.45) is 5.48. The number of rotatable bonds is 2. The summed E-state index contributed by atoms with van der Waals surface area (Å²) < 4.78 is 0. The van der Waals surface area contributed by atoms with E-state index < -0.39 is 5.91 Å². The molecule has 2 N–H and O–H groups in total. The van der Waals surface area contributed by atoms with Crippen molar-refractivity contribution in [2.75, 3.05) is 13.6 Å². The van der Waals surface area contributed by atoms with E-state index in [1.807, 2.05) is 0 Å². The first-order valence-corrected chi connectivity index (χ1v) is 5.32. The van der Waals surface area contributed by atoms with Gasteiger partial charge in [0, 0.05) is 18.4 Å². The maximum atomic E-state index is 11.2. The molecule has 1 aromatic heterocycles. The minimum Gasteiger partial charge on any atom is -0.299 e. The van der Waals surface area contributed by atoms with E-state index in [4.69, 9.17) is 5.21 Å². The summed E-state index contributed by atoms with van der Waals surface area (Å²) in [6.45, 7) is 1.07. The lowest BCUT2D eigenvalue weighted by Crippen LogP contribution is -2.21. The topological polar surface area (TPSA) is 65.5 Å². The highest BCUT2D eigenvalue weighted by Crippen LogP contribution is 2.29. The first-order chi connectivity index (χ1) is 7.72. The Morgan fingerprint density at radius 2 is 2.44 bits per heavy atom. The van der Waals surface area contributed by atoms with Crippen molar-refractivity contribution in [3.05, 3.63) is 29.6 Å². The van der Waals surface area contributed by atoms with Gasteiger partial charge in [0.25, 0.3) is 5.91 Å². The molecule has 1 saturated heterocycles. The van der Waals surface area contributed by atoms with Gasteiger partial charge in [-0.3, -0.25) is 19.9 Å². The van der Waals surface area contributed by atoms with Gasteiger partial charge in [-0.1, -0.05) is 0 Å². The van der Waals surface area contributed by atoms with Gasteiger partial charge in [-0.05, 0) is 38.1 Å². The normalized spacial score (nSPS) is 21.0. The largest absolute Gasteiger partial charge is 0.299 e. The zero-order valence-electron chi connectivity index (χ0n) is 9.18. The summed E-state index contributed by atoms with van der Waals surface area (Å²) in [7, 11) is 2.07. The molecular formula is C11H15N3O2. The van der Waals surface area contributed by atoms with Gasteiger partial charge in [0.2, 0.25) is 0 Å². The van der Waals surface area contributed by atoms with Gasteiger partial charge in [-0.15, -0.1) is 0 Å². The van der Waals surface area contributed by atoms with Crippen LogP contribution in [0.1, 0.15) is 34.8 Å². The predicted octanol–water partition coefficient (Wildman–Crippen LogP) is 0.967. The monoisotopic (exact) mass is 221 g/mol. The Morgan fingerprint density at radius 1 is 1.62 bits per heavy atom. The molecule has 1 fully saturated rings. The summed E-state index contributed by atoms with van der Waals surface area (Å²) in [6, 6.07) is 2.12. The van der Waals surface area contributed by atoms with Crippen LogP contribution in [0.15, 0.2) is 18.5 Å². The van der Waals surface area contributed by atoms with Gasteiger partial charge in [0.05, 0.1) is 5.56 Å². The van der Waals surface area contributed by atoms with Crippen molar-refractivity contribution >= 4 is 5.91 Å². The Bertz CT molecular complexity index is 395. The number of nitrogens with zero attached hydrogens (tertiary/aromatic N) is 2. The van der Waals surface area contributed by atoms with Crippen LogP contribution < -0.4 is 5.48 Å². The maximum Gasteiger partial charge on any atom is 0.276 e. The standard InChI is InChI=1S/C11H15N3O2/c1-14-4-2-3-10(14)8-5-9(7-12-6-8)11(15)13-16/h5-7,10,16H,2-4H2,1H3,(H,13,15)/t10-/m0/s1. The molecule has 1 atom stereocenters. The molecule has 2 rings (SSSR count). The molecule has 1 amide bonds. The van der Waals surface area contributed by atoms with Crippen LogP contribution in [0, 0.1) is 0 Å². The summed E-state index contributed by atoms with van der Waals surface area (Å²) in [5.41, 5.74) is 3.04. The molecular weight excluding hydrogens is 206 g/mol. The lowest BCUT2D eigenvalue weighted by molar-refractivity contribution is 0.0705. The molecule has 5 heteroatoms. The Balaban J connectivity index is 2.25. The van der Waals surface area contributed by atoms with Crippen LogP contribution >= 0.6 is 0 Å². The third kappa shape index (κ3) is 2.05. The summed E-state index contributed by atoms with van der Waals surface area (Å²) in [5, 5.41) is 8.56. The summed E-state index contributed by atoms with van der Waals surface area (Å²) in [4.78, 5) is 17.5. The van der Waals surface area contributed by atoms with Crippen molar-refractivity contribution in [2.45, 2.75) is 18.9 Å². The third-order valence-electron chi connectivity index (χ3n) is 3.03. The molecule has 1 aliphatic rings. The molecule has 0 bridgehead atoms. The smallest absolute Gasteiger partial charge is 0.276 e. The molecule has 1 aliphatic heterocycles. The first-order valence-electron chi connectivity index (χ1n) is 5.32. The fraction of sp³-hybridized carbons (Fsp3) is 0.455. The van der Waals surface area contributed by atoms with Crippen molar-refractivity contribution in [2.24, 2.45) is 0 Å². The highest BCUT2D eigenvalue weighted by Gasteiger charge is 2.23. The molecule has 0 unspecified atom stereocenters. The molecule has 0 aromatic carbocycles. The van der Waals surface area contributed by atoms with E-state index in [0.717, 1.165) is 24.9 Å². The first kappa shape index (κ1) is 11.0. The van der Waals surface area contributed by atoms with E-state index >= 15 is 0 Å². The number of hydroxylamine groups is 1. The number of amides is 1. The van der Waals surface area contributed by atoms with Crippen LogP contribution in [0.25, 0.3) is 0 Å². The van der Waals surface area contributed by atoms with Crippen LogP contribution in [0.4, 0.5) is 0 Å². The zero-order valence-corrected chi connectivity index (χ0v) is 9.18. The van der Waals surface area contributed by atoms with Crippen molar-refractivity contribution in [3.8, 4) is 0 Å². The van der Waals surface area contributed by atoms with Crippen molar-refractivity contribution < 1.29 is 10.0 Å². The molecule has 86 valence electrons. The maximum absolute atomic E-state index is 11.2. The highest BCUT2D eigenvalue weighted by molar-refractivity contribution is 5.93. The zero-order chi connectivity index (χ0) is 11.5. The van der Waals surface area contributed by atoms with Crippen molar-refractivity contribution in [1.82, 2.24) is 15.4 Å². The SMILES string of the molecule is CN1CCC[C@H]1c1cncc(C(=O)NO)c1. The molecule has 1 aromatic rings. The highest BCUT2D eigenvalue weighted by atomic mass is 16.5. The van der Waals surface area contributed by atoms with E-state index in [0.29, 0.717) is 11.6 Å². The fourth-order valence-electron chi connectivity index (χ4n) is 2.16. The number of carbonyl (C=O) groups excluding carboxylic acids is 1. The van der Waals surface area contributed by atoms with Crippen LogP contribution in [-0.4, -0.2) is 34.6 Å². The molecule has 0 saturated carbocycles. The predicted molar refractivity (Wildman–Crippen MR) is 58.1 cm³/mol. The number of hydrogen-bond donors (Lipinski definition) is 2. The molecule has 16 heavy (non-hydrogen) atoms. The van der Waals surface area contributed by atoms with Crippen LogP contribution in [0.2, 0.25) is 0 Å². The summed E-state index contributed by atoms with van der Waals surface area (Å²) in [5.74, 6) is -0.519. The number of aromatic nitrogens is 1. The average molecular weight is 221 g/mol. The quantitative estimate of drug-likeness (QED) is 0.577. The van der Waals surface area contributed by atoms with Gasteiger partial charge < -0.3 is 0 Å². The number of pyridine rings is 1. The lowest BCUT2D eigenvalue weighted by Gasteiger charge is -2.19. The van der Waals surface area contributed by atoms with Gasteiger partial charge in [-0.2, -0.15) is 0 Å². The van der Waals surface area contributed by atoms with E-state index in [9.17, 15) is 4.79 Å². The van der Waals surface area contributed by atoms with Gasteiger partial charge in [-0.25, -0.2) is 5.48 Å². The Labute approximate surface area is 94.1 Å². The van der Waals surface area contributed by atoms with Crippen molar-refractivity contribution in [3.63, 3.8) is 0 Å². The van der Waals surface area contributed by atoms with Gasteiger partial charge in [0.15, 0.2) is 0 Å². The van der Waals surface area contributed by atoms with Crippen LogP contribution in [0.3, 0.4) is 0 Å². The van der Waals surface area contributed by atoms with E-state index in [-0.39, 0.29) is 0 Å². The summed E-state index contributed by atoms with van der Waals surface area (Å²) >= 11 is 0. The second-order valence-electron chi connectivity index (χ2n) is 4.09. The Morgan fingerprint density at radius 3 is 3.06 bits per heavy atom. The Kier molecular flexibility index (Phi) is 3.17. The number of carbonyl (C=O) groups is 1. The number of hydrogen-bond acceptors (Lipinski definition) is 4. The van der Waals surface area contributed by atoms with Crippen molar-refractivity contribution in [1.29, 1.82) is 0 Å². The Hall–Kier alpha value is -1.46. The van der Waals surface area contributed by atoms with Crippen LogP contribution in [-0.2, 0) is 0 Å². The van der Waals surface area contributed by atoms with Crippen LogP contribution in [0.5, 0.6) is 0 Å². The second-order valence-corrected chi connectivity index (χ2v) is 4.09. The van der Waals surface area contributed by atoms with E-state index in [2.05, 4.69) is 16.9 Å². The number of nitrogens with one attached hydrogen (secondary N) is 1. The number of likely N-dealkylation sites (tertiary alicyclic amines) is 1. The molecule has 2 heterocycles. The molecule has 0 radical (unpaired) electrons. The minimum absolute atomic E-state index is 0.332. The molecule has 0 aliphatic carbocycles. The van der Waals surface area contributed by atoms with Gasteiger partial charge >= 0.3 is 0 Å². The average Bonchev–Trinajstić information content (AvgIpc) is 2.74. The van der Waals surface area contributed by atoms with E-state index in [1.165, 1.54) is 6.20 Å². The van der Waals surface area contributed by atoms with E-state index in [1.54, 1.807) is 17.7 Å². The third-order valence-corrected chi connectivity index (χ3v) is 3.03.